The Hall–Kier alpha value is -2.45. The van der Waals surface area contributed by atoms with Gasteiger partial charge in [-0.25, -0.2) is 17.5 Å². The third-order valence-electron chi connectivity index (χ3n) is 5.40. The van der Waals surface area contributed by atoms with Crippen LogP contribution in [0.5, 0.6) is 0 Å². The van der Waals surface area contributed by atoms with Crippen molar-refractivity contribution in [1.82, 2.24) is 4.72 Å². The quantitative estimate of drug-likeness (QED) is 0.598. The maximum absolute atomic E-state index is 14.0. The summed E-state index contributed by atoms with van der Waals surface area (Å²) in [7, 11) is -3.82. The zero-order valence-electron chi connectivity index (χ0n) is 17.9. The lowest BCUT2D eigenvalue weighted by molar-refractivity contribution is -0.114. The first-order chi connectivity index (χ1) is 14.8. The van der Waals surface area contributed by atoms with E-state index in [1.807, 2.05) is 0 Å². The third kappa shape index (κ3) is 6.77. The van der Waals surface area contributed by atoms with Gasteiger partial charge < -0.3 is 10.2 Å². The number of sulfonamides is 1. The zero-order valence-corrected chi connectivity index (χ0v) is 18.7. The predicted octanol–water partition coefficient (Wildman–Crippen LogP) is 4.08. The van der Waals surface area contributed by atoms with Crippen molar-refractivity contribution in [3.63, 3.8) is 0 Å². The average Bonchev–Trinajstić information content (AvgIpc) is 3.02. The summed E-state index contributed by atoms with van der Waals surface area (Å²) in [5.74, 6) is -1.21. The number of hydrogen-bond acceptors (Lipinski definition) is 4. The Kier molecular flexibility index (Phi) is 8.03. The van der Waals surface area contributed by atoms with Gasteiger partial charge in [-0.15, -0.1) is 0 Å². The molecule has 0 aromatic heterocycles. The van der Waals surface area contributed by atoms with Crippen molar-refractivity contribution in [2.24, 2.45) is 0 Å². The lowest BCUT2D eigenvalue weighted by Gasteiger charge is -2.22. The molecule has 1 aliphatic rings. The molecule has 6 nitrogen and oxygen atoms in total. The molecule has 2 aromatic carbocycles. The number of nitrogens with one attached hydrogen (secondary N) is 2. The summed E-state index contributed by atoms with van der Waals surface area (Å²) in [5.41, 5.74) is 2.36. The Morgan fingerprint density at radius 2 is 1.71 bits per heavy atom. The van der Waals surface area contributed by atoms with E-state index in [2.05, 4.69) is 39.2 Å². The molecule has 0 aliphatic carbocycles. The van der Waals surface area contributed by atoms with Gasteiger partial charge in [0, 0.05) is 32.2 Å². The largest absolute Gasteiger partial charge is 0.372 e. The van der Waals surface area contributed by atoms with Crippen LogP contribution in [0.15, 0.2) is 47.4 Å². The SMILES string of the molecule is CC(=O)Nc1ccc(S(=O)(=O)NCCCc2ccc(N3CCCCCC3)cc2)cc1F. The van der Waals surface area contributed by atoms with Crippen LogP contribution in [-0.2, 0) is 21.2 Å². The van der Waals surface area contributed by atoms with Gasteiger partial charge in [0.1, 0.15) is 5.82 Å². The number of rotatable bonds is 8. The summed E-state index contributed by atoms with van der Waals surface area (Å²) in [4.78, 5) is 13.3. The molecule has 0 saturated carbocycles. The van der Waals surface area contributed by atoms with Crippen molar-refractivity contribution in [3.05, 3.63) is 53.8 Å². The first kappa shape index (κ1) is 23.2. The number of benzene rings is 2. The Morgan fingerprint density at radius 1 is 1.03 bits per heavy atom. The van der Waals surface area contributed by atoms with Crippen molar-refractivity contribution in [2.45, 2.75) is 50.3 Å². The maximum atomic E-state index is 14.0. The van der Waals surface area contributed by atoms with Crippen LogP contribution in [0, 0.1) is 5.82 Å². The Balaban J connectivity index is 1.49. The van der Waals surface area contributed by atoms with Gasteiger partial charge in [0.25, 0.3) is 0 Å². The number of carbonyl (C=O) groups is 1. The van der Waals surface area contributed by atoms with Crippen LogP contribution in [0.3, 0.4) is 0 Å². The summed E-state index contributed by atoms with van der Waals surface area (Å²) in [6.07, 6.45) is 6.46. The van der Waals surface area contributed by atoms with Crippen molar-refractivity contribution < 1.29 is 17.6 Å². The zero-order chi connectivity index (χ0) is 22.3. The first-order valence-electron chi connectivity index (χ1n) is 10.8. The lowest BCUT2D eigenvalue weighted by atomic mass is 10.1. The highest BCUT2D eigenvalue weighted by Gasteiger charge is 2.16. The van der Waals surface area contributed by atoms with Gasteiger partial charge in [-0.05, 0) is 61.6 Å². The second kappa shape index (κ2) is 10.7. The van der Waals surface area contributed by atoms with E-state index >= 15 is 0 Å². The molecule has 1 heterocycles. The molecule has 3 rings (SSSR count). The van der Waals surface area contributed by atoms with E-state index in [1.54, 1.807) is 0 Å². The average molecular weight is 448 g/mol. The van der Waals surface area contributed by atoms with E-state index in [1.165, 1.54) is 50.4 Å². The van der Waals surface area contributed by atoms with Crippen LogP contribution in [0.25, 0.3) is 0 Å². The van der Waals surface area contributed by atoms with Crippen LogP contribution in [-0.4, -0.2) is 34.0 Å². The fourth-order valence-corrected chi connectivity index (χ4v) is 4.82. The van der Waals surface area contributed by atoms with Gasteiger partial charge >= 0.3 is 0 Å². The lowest BCUT2D eigenvalue weighted by Crippen LogP contribution is -2.25. The topological polar surface area (TPSA) is 78.5 Å². The molecule has 0 spiro atoms. The molecular formula is C23H30FN3O3S. The molecule has 1 fully saturated rings. The first-order valence-corrected chi connectivity index (χ1v) is 12.2. The van der Waals surface area contributed by atoms with E-state index in [0.29, 0.717) is 6.42 Å². The second-order valence-electron chi connectivity index (χ2n) is 7.89. The van der Waals surface area contributed by atoms with E-state index < -0.39 is 21.7 Å². The molecule has 1 saturated heterocycles. The van der Waals surface area contributed by atoms with Gasteiger partial charge in [-0.3, -0.25) is 4.79 Å². The highest BCUT2D eigenvalue weighted by atomic mass is 32.2. The van der Waals surface area contributed by atoms with Crippen molar-refractivity contribution in [2.75, 3.05) is 29.9 Å². The van der Waals surface area contributed by atoms with Crippen LogP contribution in [0.4, 0.5) is 15.8 Å². The summed E-state index contributed by atoms with van der Waals surface area (Å²) in [6.45, 7) is 3.72. The molecule has 0 bridgehead atoms. The van der Waals surface area contributed by atoms with Gasteiger partial charge in [-0.2, -0.15) is 0 Å². The number of nitrogens with zero attached hydrogens (tertiary/aromatic N) is 1. The molecular weight excluding hydrogens is 417 g/mol. The molecule has 0 radical (unpaired) electrons. The third-order valence-corrected chi connectivity index (χ3v) is 6.86. The second-order valence-corrected chi connectivity index (χ2v) is 9.66. The highest BCUT2D eigenvalue weighted by Crippen LogP contribution is 2.21. The predicted molar refractivity (Wildman–Crippen MR) is 121 cm³/mol. The highest BCUT2D eigenvalue weighted by molar-refractivity contribution is 7.89. The van der Waals surface area contributed by atoms with Gasteiger partial charge in [0.2, 0.25) is 15.9 Å². The summed E-state index contributed by atoms with van der Waals surface area (Å²) >= 11 is 0. The molecule has 2 N–H and O–H groups in total. The van der Waals surface area contributed by atoms with Crippen molar-refractivity contribution >= 4 is 27.3 Å². The summed E-state index contributed by atoms with van der Waals surface area (Å²) in [6, 6.07) is 11.9. The Morgan fingerprint density at radius 3 is 2.32 bits per heavy atom. The van der Waals surface area contributed by atoms with Gasteiger partial charge in [-0.1, -0.05) is 25.0 Å². The molecule has 1 amide bonds. The van der Waals surface area contributed by atoms with Crippen LogP contribution < -0.4 is 14.9 Å². The monoisotopic (exact) mass is 447 g/mol. The smallest absolute Gasteiger partial charge is 0.240 e. The molecule has 0 atom stereocenters. The van der Waals surface area contributed by atoms with E-state index in [-0.39, 0.29) is 17.1 Å². The molecule has 2 aromatic rings. The van der Waals surface area contributed by atoms with Crippen LogP contribution in [0.1, 0.15) is 44.6 Å². The molecule has 1 aliphatic heterocycles. The van der Waals surface area contributed by atoms with Gasteiger partial charge in [0.05, 0.1) is 10.6 Å². The molecule has 168 valence electrons. The van der Waals surface area contributed by atoms with Crippen LogP contribution in [0.2, 0.25) is 0 Å². The number of hydrogen-bond donors (Lipinski definition) is 2. The van der Waals surface area contributed by atoms with Gasteiger partial charge in [0.15, 0.2) is 0 Å². The summed E-state index contributed by atoms with van der Waals surface area (Å²) in [5, 5.41) is 2.32. The van der Waals surface area contributed by atoms with Crippen LogP contribution >= 0.6 is 0 Å². The van der Waals surface area contributed by atoms with Crippen molar-refractivity contribution in [1.29, 1.82) is 0 Å². The Bertz CT molecular complexity index is 986. The van der Waals surface area contributed by atoms with E-state index in [4.69, 9.17) is 0 Å². The van der Waals surface area contributed by atoms with E-state index in [0.717, 1.165) is 31.1 Å². The minimum absolute atomic E-state index is 0.0462. The number of halogens is 1. The molecule has 31 heavy (non-hydrogen) atoms. The fourth-order valence-electron chi connectivity index (χ4n) is 3.74. The minimum atomic E-state index is -3.82. The van der Waals surface area contributed by atoms with E-state index in [9.17, 15) is 17.6 Å². The minimum Gasteiger partial charge on any atom is -0.372 e. The summed E-state index contributed by atoms with van der Waals surface area (Å²) < 4.78 is 41.4. The number of carbonyl (C=O) groups excluding carboxylic acids is 1. The molecule has 8 heteroatoms. The number of aryl methyl sites for hydroxylation is 1. The number of amides is 1. The normalized spacial score (nSPS) is 14.8. The number of anilines is 2. The Labute approximate surface area is 183 Å². The molecule has 0 unspecified atom stereocenters. The standard InChI is InChI=1S/C23H30FN3O3S/c1-18(28)26-23-13-12-21(17-22(23)24)31(29,30)25-14-6-7-19-8-10-20(11-9-19)27-15-4-2-3-5-16-27/h8-13,17,25H,2-7,14-16H2,1H3,(H,26,28). The fraction of sp³-hybridized carbons (Fsp3) is 0.435. The maximum Gasteiger partial charge on any atom is 0.240 e. The van der Waals surface area contributed by atoms with Crippen molar-refractivity contribution in [3.8, 4) is 0 Å².